The SMILES string of the molecule is COC(COCCOP=NP)Nc1ccccc1. The second-order valence-electron chi connectivity index (χ2n) is 3.34. The van der Waals surface area contributed by atoms with E-state index < -0.39 is 0 Å². The van der Waals surface area contributed by atoms with E-state index in [2.05, 4.69) is 19.2 Å². The molecule has 0 bridgehead atoms. The van der Waals surface area contributed by atoms with Gasteiger partial charge < -0.3 is 19.3 Å². The minimum absolute atomic E-state index is 0.170. The lowest BCUT2D eigenvalue weighted by molar-refractivity contribution is 0.0154. The van der Waals surface area contributed by atoms with Gasteiger partial charge in [0.25, 0.3) is 0 Å². The minimum atomic E-state index is -0.170. The summed E-state index contributed by atoms with van der Waals surface area (Å²) in [4.78, 5) is 0. The maximum atomic E-state index is 5.44. The highest BCUT2D eigenvalue weighted by Gasteiger charge is 2.06. The van der Waals surface area contributed by atoms with Crippen LogP contribution in [0.2, 0.25) is 0 Å². The van der Waals surface area contributed by atoms with Crippen LogP contribution in [0.15, 0.2) is 34.8 Å². The number of hydrogen-bond acceptors (Lipinski definition) is 5. The van der Waals surface area contributed by atoms with Gasteiger partial charge in [-0.2, -0.15) is 0 Å². The molecule has 18 heavy (non-hydrogen) atoms. The van der Waals surface area contributed by atoms with E-state index in [1.807, 2.05) is 30.3 Å². The van der Waals surface area contributed by atoms with Gasteiger partial charge in [-0.05, 0) is 21.5 Å². The van der Waals surface area contributed by atoms with E-state index in [9.17, 15) is 0 Å². The van der Waals surface area contributed by atoms with E-state index in [0.717, 1.165) is 5.69 Å². The molecule has 7 heteroatoms. The first kappa shape index (κ1) is 15.5. The second-order valence-corrected chi connectivity index (χ2v) is 4.69. The van der Waals surface area contributed by atoms with Crippen molar-refractivity contribution >= 4 is 23.7 Å². The van der Waals surface area contributed by atoms with E-state index in [0.29, 0.717) is 28.4 Å². The van der Waals surface area contributed by atoms with Gasteiger partial charge in [0, 0.05) is 12.8 Å². The van der Waals surface area contributed by atoms with Gasteiger partial charge in [0.05, 0.1) is 19.8 Å². The van der Waals surface area contributed by atoms with Crippen LogP contribution in [-0.4, -0.2) is 33.2 Å². The average Bonchev–Trinajstić information content (AvgIpc) is 2.42. The molecule has 1 rings (SSSR count). The smallest absolute Gasteiger partial charge is 0.175 e. The molecule has 0 saturated carbocycles. The fourth-order valence-corrected chi connectivity index (χ4v) is 1.67. The van der Waals surface area contributed by atoms with Gasteiger partial charge in [-0.1, -0.05) is 18.2 Å². The first-order chi connectivity index (χ1) is 8.86. The van der Waals surface area contributed by atoms with Crippen molar-refractivity contribution in [2.75, 3.05) is 32.2 Å². The Hall–Kier alpha value is -0.570. The molecular weight excluding hydrogens is 270 g/mol. The normalized spacial score (nSPS) is 12.8. The lowest BCUT2D eigenvalue weighted by Crippen LogP contribution is -2.27. The van der Waals surface area contributed by atoms with E-state index in [1.165, 1.54) is 0 Å². The highest BCUT2D eigenvalue weighted by atomic mass is 31.1. The summed E-state index contributed by atoms with van der Waals surface area (Å²) in [6.07, 6.45) is -0.170. The van der Waals surface area contributed by atoms with E-state index in [4.69, 9.17) is 14.0 Å². The standard InChI is InChI=1S/C11H18N2O3P2/c1-14-11(9-15-7-8-16-18-13-17)12-10-5-3-2-4-6-10/h2-6,11-12H,7-9,17H2,1H3. The Morgan fingerprint density at radius 1 is 1.33 bits per heavy atom. The van der Waals surface area contributed by atoms with Crippen LogP contribution >= 0.6 is 18.0 Å². The highest BCUT2D eigenvalue weighted by molar-refractivity contribution is 7.31. The molecule has 5 nitrogen and oxygen atoms in total. The summed E-state index contributed by atoms with van der Waals surface area (Å²) in [5, 5.41) is 3.22. The number of nitrogens with one attached hydrogen (secondary N) is 1. The highest BCUT2D eigenvalue weighted by Crippen LogP contribution is 2.08. The zero-order valence-corrected chi connectivity index (χ0v) is 12.3. The van der Waals surface area contributed by atoms with Crippen LogP contribution in [0.5, 0.6) is 0 Å². The van der Waals surface area contributed by atoms with Crippen molar-refractivity contribution in [3.63, 3.8) is 0 Å². The molecule has 0 spiro atoms. The van der Waals surface area contributed by atoms with Crippen LogP contribution in [0.4, 0.5) is 5.69 Å². The zero-order chi connectivity index (χ0) is 13.1. The summed E-state index contributed by atoms with van der Waals surface area (Å²) in [5.41, 5.74) is 1.00. The Labute approximate surface area is 111 Å². The Bertz CT molecular complexity index is 338. The van der Waals surface area contributed by atoms with Crippen LogP contribution in [0.25, 0.3) is 0 Å². The van der Waals surface area contributed by atoms with Gasteiger partial charge in [-0.15, -0.1) is 0 Å². The average molecular weight is 288 g/mol. The fourth-order valence-electron chi connectivity index (χ4n) is 1.25. The lowest BCUT2D eigenvalue weighted by atomic mass is 10.3. The number of benzene rings is 1. The topological polar surface area (TPSA) is 52.1 Å². The van der Waals surface area contributed by atoms with Crippen LogP contribution < -0.4 is 5.32 Å². The molecule has 0 saturated heterocycles. The molecule has 0 heterocycles. The predicted molar refractivity (Wildman–Crippen MR) is 76.7 cm³/mol. The molecule has 0 amide bonds. The molecule has 0 aliphatic heterocycles. The minimum Gasteiger partial charge on any atom is -0.374 e. The first-order valence-corrected chi connectivity index (χ1v) is 6.79. The molecule has 0 fully saturated rings. The molecule has 2 unspecified atom stereocenters. The summed E-state index contributed by atoms with van der Waals surface area (Å²) in [5.74, 6) is 0. The number of hydrogen-bond donors (Lipinski definition) is 1. The summed E-state index contributed by atoms with van der Waals surface area (Å²) in [6, 6.07) is 9.87. The Balaban J connectivity index is 2.18. The van der Waals surface area contributed by atoms with Gasteiger partial charge in [0.15, 0.2) is 14.8 Å². The fraction of sp³-hybridized carbons (Fsp3) is 0.455. The maximum Gasteiger partial charge on any atom is 0.175 e. The molecule has 0 aliphatic carbocycles. The van der Waals surface area contributed by atoms with Crippen molar-refractivity contribution in [3.8, 4) is 0 Å². The monoisotopic (exact) mass is 288 g/mol. The van der Waals surface area contributed by atoms with Crippen LogP contribution in [0.1, 0.15) is 0 Å². The summed E-state index contributed by atoms with van der Waals surface area (Å²) >= 11 is 0. The predicted octanol–water partition coefficient (Wildman–Crippen LogP) is 2.94. The molecule has 0 radical (unpaired) electrons. The number of ether oxygens (including phenoxy) is 2. The van der Waals surface area contributed by atoms with E-state index >= 15 is 0 Å². The van der Waals surface area contributed by atoms with Gasteiger partial charge in [-0.3, -0.25) is 0 Å². The molecular formula is C11H18N2O3P2. The maximum absolute atomic E-state index is 5.44. The summed E-state index contributed by atoms with van der Waals surface area (Å²) < 4.78 is 19.6. The molecule has 2 atom stereocenters. The Kier molecular flexibility index (Phi) is 8.92. The lowest BCUT2D eigenvalue weighted by Gasteiger charge is -2.18. The quantitative estimate of drug-likeness (QED) is 0.431. The third-order valence-electron chi connectivity index (χ3n) is 2.08. The van der Waals surface area contributed by atoms with Gasteiger partial charge >= 0.3 is 0 Å². The second kappa shape index (κ2) is 10.4. The van der Waals surface area contributed by atoms with Crippen molar-refractivity contribution in [2.45, 2.75) is 6.23 Å². The molecule has 1 aromatic rings. The van der Waals surface area contributed by atoms with Crippen molar-refractivity contribution in [2.24, 2.45) is 4.52 Å². The third-order valence-corrected chi connectivity index (χ3v) is 2.75. The number of rotatable bonds is 9. The molecule has 0 aromatic heterocycles. The van der Waals surface area contributed by atoms with Crippen molar-refractivity contribution < 1.29 is 14.0 Å². The van der Waals surface area contributed by atoms with Gasteiger partial charge in [-0.25, -0.2) is 4.52 Å². The van der Waals surface area contributed by atoms with Gasteiger partial charge in [0.1, 0.15) is 0 Å². The summed E-state index contributed by atoms with van der Waals surface area (Å²) in [6.45, 7) is 1.49. The Morgan fingerprint density at radius 2 is 2.11 bits per heavy atom. The number of anilines is 1. The largest absolute Gasteiger partial charge is 0.374 e. The van der Waals surface area contributed by atoms with Gasteiger partial charge in [0.2, 0.25) is 0 Å². The number of nitrogens with zero attached hydrogens (tertiary/aromatic N) is 1. The first-order valence-electron chi connectivity index (χ1n) is 5.51. The molecule has 0 aliphatic rings. The zero-order valence-electron chi connectivity index (χ0n) is 10.3. The molecule has 100 valence electrons. The molecule has 1 aromatic carbocycles. The summed E-state index contributed by atoms with van der Waals surface area (Å²) in [7, 11) is 4.48. The molecule has 1 N–H and O–H groups in total. The number of para-hydroxylation sites is 1. The van der Waals surface area contributed by atoms with E-state index in [1.54, 1.807) is 7.11 Å². The van der Waals surface area contributed by atoms with Crippen molar-refractivity contribution in [1.29, 1.82) is 0 Å². The van der Waals surface area contributed by atoms with Crippen LogP contribution in [-0.2, 0) is 14.0 Å². The Morgan fingerprint density at radius 3 is 2.78 bits per heavy atom. The van der Waals surface area contributed by atoms with Crippen LogP contribution in [0, 0.1) is 0 Å². The van der Waals surface area contributed by atoms with Crippen LogP contribution in [0.3, 0.4) is 0 Å². The third kappa shape index (κ3) is 7.00. The van der Waals surface area contributed by atoms with Crippen molar-refractivity contribution in [3.05, 3.63) is 30.3 Å². The van der Waals surface area contributed by atoms with Crippen molar-refractivity contribution in [1.82, 2.24) is 0 Å². The van der Waals surface area contributed by atoms with E-state index in [-0.39, 0.29) is 6.23 Å². The number of methoxy groups -OCH3 is 1.